The Bertz CT molecular complexity index is 221. The predicted molar refractivity (Wildman–Crippen MR) is 82.4 cm³/mol. The summed E-state index contributed by atoms with van der Waals surface area (Å²) in [6, 6.07) is 0.282. The van der Waals surface area contributed by atoms with E-state index in [1.165, 1.54) is 32.4 Å². The molecule has 0 aliphatic carbocycles. The number of aliphatic hydroxyl groups is 1. The second-order valence-electron chi connectivity index (χ2n) is 6.40. The van der Waals surface area contributed by atoms with E-state index in [-0.39, 0.29) is 12.6 Å². The van der Waals surface area contributed by atoms with Crippen LogP contribution in [0.5, 0.6) is 0 Å². The Morgan fingerprint density at radius 2 is 2.05 bits per heavy atom. The highest BCUT2D eigenvalue weighted by Crippen LogP contribution is 2.24. The molecule has 2 atom stereocenters. The summed E-state index contributed by atoms with van der Waals surface area (Å²) in [6.45, 7) is 11.8. The van der Waals surface area contributed by atoms with Gasteiger partial charge in [0, 0.05) is 6.04 Å². The first-order valence-electron chi connectivity index (χ1n) is 8.24. The Hall–Kier alpha value is -0.120. The summed E-state index contributed by atoms with van der Waals surface area (Å²) in [5, 5.41) is 12.8. The van der Waals surface area contributed by atoms with Gasteiger partial charge >= 0.3 is 0 Å². The molecule has 0 saturated carbocycles. The number of hydrogen-bond donors (Lipinski definition) is 2. The lowest BCUT2D eigenvalue weighted by molar-refractivity contribution is 0.206. The molecule has 1 heterocycles. The van der Waals surface area contributed by atoms with E-state index in [0.29, 0.717) is 0 Å². The molecule has 1 rings (SSSR count). The monoisotopic (exact) mass is 270 g/mol. The van der Waals surface area contributed by atoms with Crippen molar-refractivity contribution >= 4 is 0 Å². The van der Waals surface area contributed by atoms with Crippen LogP contribution in [0.25, 0.3) is 0 Å². The molecule has 1 fully saturated rings. The molecular weight excluding hydrogens is 236 g/mol. The SMILES string of the molecule is CCCNC(CO)CCN1CCCC(C(C)C)CC1. The van der Waals surface area contributed by atoms with Crippen molar-refractivity contribution in [2.75, 3.05) is 32.8 Å². The molecular formula is C16H34N2O. The van der Waals surface area contributed by atoms with E-state index in [9.17, 15) is 5.11 Å². The molecule has 0 spiro atoms. The van der Waals surface area contributed by atoms with Gasteiger partial charge in [0.25, 0.3) is 0 Å². The van der Waals surface area contributed by atoms with E-state index in [4.69, 9.17) is 0 Å². The molecule has 1 aliphatic heterocycles. The lowest BCUT2D eigenvalue weighted by Gasteiger charge is -2.24. The molecule has 3 nitrogen and oxygen atoms in total. The van der Waals surface area contributed by atoms with Crippen LogP contribution in [-0.2, 0) is 0 Å². The van der Waals surface area contributed by atoms with Crippen LogP contribution in [0.3, 0.4) is 0 Å². The van der Waals surface area contributed by atoms with Crippen LogP contribution in [-0.4, -0.2) is 48.8 Å². The summed E-state index contributed by atoms with van der Waals surface area (Å²) < 4.78 is 0. The average molecular weight is 270 g/mol. The molecule has 1 saturated heterocycles. The Morgan fingerprint density at radius 3 is 2.68 bits per heavy atom. The topological polar surface area (TPSA) is 35.5 Å². The fourth-order valence-electron chi connectivity index (χ4n) is 3.02. The summed E-state index contributed by atoms with van der Waals surface area (Å²) in [6.07, 6.45) is 6.30. The maximum absolute atomic E-state index is 9.37. The highest BCUT2D eigenvalue weighted by molar-refractivity contribution is 4.74. The minimum absolute atomic E-state index is 0.266. The standard InChI is InChI=1S/C16H34N2O/c1-4-9-17-16(13-19)8-12-18-10-5-6-15(7-11-18)14(2)3/h14-17,19H,4-13H2,1-3H3. The minimum atomic E-state index is 0.266. The van der Waals surface area contributed by atoms with Crippen LogP contribution in [0.2, 0.25) is 0 Å². The van der Waals surface area contributed by atoms with Crippen LogP contribution >= 0.6 is 0 Å². The number of nitrogens with one attached hydrogen (secondary N) is 1. The Balaban J connectivity index is 2.25. The molecule has 3 heteroatoms. The Labute approximate surface area is 119 Å². The lowest BCUT2D eigenvalue weighted by Crippen LogP contribution is -2.37. The smallest absolute Gasteiger partial charge is 0.0585 e. The third-order valence-corrected chi connectivity index (χ3v) is 4.51. The highest BCUT2D eigenvalue weighted by atomic mass is 16.3. The first-order chi connectivity index (χ1) is 9.17. The summed E-state index contributed by atoms with van der Waals surface area (Å²) in [5.74, 6) is 1.74. The minimum Gasteiger partial charge on any atom is -0.395 e. The van der Waals surface area contributed by atoms with Gasteiger partial charge in [0.1, 0.15) is 0 Å². The number of rotatable bonds is 8. The van der Waals surface area contributed by atoms with Gasteiger partial charge in [-0.2, -0.15) is 0 Å². The van der Waals surface area contributed by atoms with Gasteiger partial charge in [-0.05, 0) is 70.1 Å². The van der Waals surface area contributed by atoms with E-state index in [0.717, 1.165) is 37.8 Å². The van der Waals surface area contributed by atoms with Gasteiger partial charge in [0.15, 0.2) is 0 Å². The fourth-order valence-corrected chi connectivity index (χ4v) is 3.02. The van der Waals surface area contributed by atoms with Gasteiger partial charge in [0.2, 0.25) is 0 Å². The highest BCUT2D eigenvalue weighted by Gasteiger charge is 2.19. The van der Waals surface area contributed by atoms with Gasteiger partial charge in [-0.1, -0.05) is 20.8 Å². The zero-order valence-corrected chi connectivity index (χ0v) is 13.2. The van der Waals surface area contributed by atoms with Crippen LogP contribution in [0.1, 0.15) is 52.9 Å². The van der Waals surface area contributed by atoms with Crippen molar-refractivity contribution in [3.63, 3.8) is 0 Å². The van der Waals surface area contributed by atoms with Gasteiger partial charge in [0.05, 0.1) is 6.61 Å². The third-order valence-electron chi connectivity index (χ3n) is 4.51. The number of likely N-dealkylation sites (tertiary alicyclic amines) is 1. The summed E-state index contributed by atoms with van der Waals surface area (Å²) in [5.41, 5.74) is 0. The third kappa shape index (κ3) is 6.73. The largest absolute Gasteiger partial charge is 0.395 e. The average Bonchev–Trinajstić information content (AvgIpc) is 2.64. The molecule has 114 valence electrons. The quantitative estimate of drug-likeness (QED) is 0.711. The Morgan fingerprint density at radius 1 is 1.26 bits per heavy atom. The molecule has 0 aromatic carbocycles. The second kappa shape index (κ2) is 9.73. The van der Waals surface area contributed by atoms with Crippen molar-refractivity contribution in [1.29, 1.82) is 0 Å². The van der Waals surface area contributed by atoms with Crippen LogP contribution < -0.4 is 5.32 Å². The van der Waals surface area contributed by atoms with Crippen LogP contribution in [0.15, 0.2) is 0 Å². The maximum Gasteiger partial charge on any atom is 0.0585 e. The van der Waals surface area contributed by atoms with Crippen molar-refractivity contribution in [2.24, 2.45) is 11.8 Å². The number of nitrogens with zero attached hydrogens (tertiary/aromatic N) is 1. The summed E-state index contributed by atoms with van der Waals surface area (Å²) >= 11 is 0. The van der Waals surface area contributed by atoms with Gasteiger partial charge in [-0.15, -0.1) is 0 Å². The number of hydrogen-bond acceptors (Lipinski definition) is 3. The van der Waals surface area contributed by atoms with Crippen LogP contribution in [0.4, 0.5) is 0 Å². The van der Waals surface area contributed by atoms with Crippen molar-refractivity contribution in [1.82, 2.24) is 10.2 Å². The first-order valence-corrected chi connectivity index (χ1v) is 8.24. The summed E-state index contributed by atoms with van der Waals surface area (Å²) in [7, 11) is 0. The van der Waals surface area contributed by atoms with Gasteiger partial charge in [-0.25, -0.2) is 0 Å². The first kappa shape index (κ1) is 16.9. The van der Waals surface area contributed by atoms with Crippen molar-refractivity contribution in [3.8, 4) is 0 Å². The molecule has 0 amide bonds. The molecule has 19 heavy (non-hydrogen) atoms. The van der Waals surface area contributed by atoms with E-state index in [1.807, 2.05) is 0 Å². The molecule has 1 aliphatic rings. The Kier molecular flexibility index (Phi) is 8.67. The second-order valence-corrected chi connectivity index (χ2v) is 6.40. The molecule has 2 unspecified atom stereocenters. The van der Waals surface area contributed by atoms with E-state index < -0.39 is 0 Å². The maximum atomic E-state index is 9.37. The lowest BCUT2D eigenvalue weighted by atomic mass is 9.89. The van der Waals surface area contributed by atoms with Gasteiger partial charge in [-0.3, -0.25) is 0 Å². The summed E-state index contributed by atoms with van der Waals surface area (Å²) in [4.78, 5) is 2.60. The zero-order valence-electron chi connectivity index (χ0n) is 13.2. The zero-order chi connectivity index (χ0) is 14.1. The van der Waals surface area contributed by atoms with Crippen molar-refractivity contribution in [3.05, 3.63) is 0 Å². The van der Waals surface area contributed by atoms with Gasteiger partial charge < -0.3 is 15.3 Å². The predicted octanol–water partition coefficient (Wildman–Crippen LogP) is 2.50. The fraction of sp³-hybridized carbons (Fsp3) is 1.00. The molecule has 0 aromatic rings. The normalized spacial score (nSPS) is 23.5. The van der Waals surface area contributed by atoms with Crippen molar-refractivity contribution in [2.45, 2.75) is 58.9 Å². The van der Waals surface area contributed by atoms with E-state index >= 15 is 0 Å². The molecule has 0 radical (unpaired) electrons. The molecule has 2 N–H and O–H groups in total. The van der Waals surface area contributed by atoms with Crippen molar-refractivity contribution < 1.29 is 5.11 Å². The molecule has 0 aromatic heterocycles. The van der Waals surface area contributed by atoms with E-state index in [1.54, 1.807) is 0 Å². The van der Waals surface area contributed by atoms with Crippen LogP contribution in [0, 0.1) is 11.8 Å². The van der Waals surface area contributed by atoms with E-state index in [2.05, 4.69) is 31.0 Å². The number of aliphatic hydroxyl groups excluding tert-OH is 1. The molecule has 0 bridgehead atoms.